The zero-order valence-electron chi connectivity index (χ0n) is 11.5. The van der Waals surface area contributed by atoms with Gasteiger partial charge in [0.2, 0.25) is 0 Å². The van der Waals surface area contributed by atoms with E-state index < -0.39 is 0 Å². The fourth-order valence-electron chi connectivity index (χ4n) is 2.36. The number of hydrogen-bond donors (Lipinski definition) is 1. The molecule has 0 aromatic carbocycles. The third-order valence-electron chi connectivity index (χ3n) is 3.59. The maximum Gasteiger partial charge on any atom is 0.0339 e. The maximum atomic E-state index is 3.70. The molecule has 1 aromatic heterocycles. The minimum Gasteiger partial charge on any atom is -0.312 e. The second kappa shape index (κ2) is 6.04. The van der Waals surface area contributed by atoms with Gasteiger partial charge in [-0.05, 0) is 52.3 Å². The number of nitrogens with zero attached hydrogens (tertiary/aromatic N) is 1. The molecule has 1 saturated heterocycles. The molecule has 0 spiro atoms. The standard InChI is InChI=1S/C14H23BrN2S/c1-14(2,3)13-10-17(7-4-6-16-13)9-12-11(15)5-8-18-12/h5,8,13,16H,4,6-7,9-10H2,1-3H3. The van der Waals surface area contributed by atoms with Crippen LogP contribution in [0.1, 0.15) is 32.1 Å². The maximum absolute atomic E-state index is 3.70. The quantitative estimate of drug-likeness (QED) is 0.888. The van der Waals surface area contributed by atoms with Crippen molar-refractivity contribution in [3.05, 3.63) is 20.8 Å². The van der Waals surface area contributed by atoms with Gasteiger partial charge in [-0.1, -0.05) is 20.8 Å². The van der Waals surface area contributed by atoms with Crippen molar-refractivity contribution in [3.63, 3.8) is 0 Å². The van der Waals surface area contributed by atoms with Gasteiger partial charge in [-0.3, -0.25) is 4.90 Å². The molecule has 0 saturated carbocycles. The molecule has 4 heteroatoms. The van der Waals surface area contributed by atoms with Crippen LogP contribution in [0.4, 0.5) is 0 Å². The summed E-state index contributed by atoms with van der Waals surface area (Å²) in [4.78, 5) is 4.04. The van der Waals surface area contributed by atoms with Gasteiger partial charge >= 0.3 is 0 Å². The number of rotatable bonds is 2. The Balaban J connectivity index is 2.01. The molecule has 1 fully saturated rings. The van der Waals surface area contributed by atoms with E-state index in [0.29, 0.717) is 11.5 Å². The fraction of sp³-hybridized carbons (Fsp3) is 0.714. The first-order valence-electron chi connectivity index (χ1n) is 6.64. The minimum absolute atomic E-state index is 0.329. The Morgan fingerprint density at radius 3 is 2.89 bits per heavy atom. The Hall–Kier alpha value is 0.1000. The van der Waals surface area contributed by atoms with E-state index in [4.69, 9.17) is 0 Å². The topological polar surface area (TPSA) is 15.3 Å². The summed E-state index contributed by atoms with van der Waals surface area (Å²) < 4.78 is 1.26. The zero-order valence-corrected chi connectivity index (χ0v) is 13.9. The van der Waals surface area contributed by atoms with E-state index in [1.165, 1.54) is 22.3 Å². The minimum atomic E-state index is 0.329. The molecule has 1 aromatic rings. The molecule has 1 N–H and O–H groups in total. The molecule has 0 radical (unpaired) electrons. The molecule has 1 aliphatic heterocycles. The summed E-state index contributed by atoms with van der Waals surface area (Å²) in [7, 11) is 0. The average Bonchev–Trinajstić information content (AvgIpc) is 2.54. The fourth-order valence-corrected chi connectivity index (χ4v) is 3.88. The van der Waals surface area contributed by atoms with Gasteiger partial charge in [-0.15, -0.1) is 11.3 Å². The highest BCUT2D eigenvalue weighted by Gasteiger charge is 2.28. The van der Waals surface area contributed by atoms with Gasteiger partial charge in [-0.25, -0.2) is 0 Å². The lowest BCUT2D eigenvalue weighted by Gasteiger charge is -2.33. The van der Waals surface area contributed by atoms with Crippen LogP contribution in [0.2, 0.25) is 0 Å². The second-order valence-corrected chi connectivity index (χ2v) is 8.01. The van der Waals surface area contributed by atoms with E-state index in [-0.39, 0.29) is 0 Å². The average molecular weight is 331 g/mol. The Morgan fingerprint density at radius 1 is 1.50 bits per heavy atom. The smallest absolute Gasteiger partial charge is 0.0339 e. The van der Waals surface area contributed by atoms with Gasteiger partial charge in [0.1, 0.15) is 0 Å². The Kier molecular flexibility index (Phi) is 4.86. The Morgan fingerprint density at radius 2 is 2.28 bits per heavy atom. The molecule has 0 amide bonds. The van der Waals surface area contributed by atoms with E-state index in [2.05, 4.69) is 58.4 Å². The van der Waals surface area contributed by atoms with Gasteiger partial charge in [-0.2, -0.15) is 0 Å². The summed E-state index contributed by atoms with van der Waals surface area (Å²) in [5.74, 6) is 0. The van der Waals surface area contributed by atoms with Crippen LogP contribution in [0.5, 0.6) is 0 Å². The van der Waals surface area contributed by atoms with E-state index in [9.17, 15) is 0 Å². The molecule has 0 aliphatic carbocycles. The van der Waals surface area contributed by atoms with Crippen molar-refractivity contribution in [2.45, 2.75) is 39.8 Å². The lowest BCUT2D eigenvalue weighted by atomic mass is 9.86. The van der Waals surface area contributed by atoms with Crippen LogP contribution in [0.25, 0.3) is 0 Å². The van der Waals surface area contributed by atoms with E-state index in [0.717, 1.165) is 19.6 Å². The number of thiophene rings is 1. The van der Waals surface area contributed by atoms with Crippen LogP contribution in [0, 0.1) is 5.41 Å². The molecule has 0 bridgehead atoms. The summed E-state index contributed by atoms with van der Waals surface area (Å²) in [6.45, 7) is 11.5. The molecule has 1 aliphatic rings. The SMILES string of the molecule is CC(C)(C)C1CN(Cc2sccc2Br)CCCN1. The molecule has 1 atom stereocenters. The van der Waals surface area contributed by atoms with Gasteiger partial charge in [0.15, 0.2) is 0 Å². The Bertz CT molecular complexity index is 383. The summed E-state index contributed by atoms with van der Waals surface area (Å²) >= 11 is 5.49. The number of hydrogen-bond acceptors (Lipinski definition) is 3. The molecular weight excluding hydrogens is 308 g/mol. The van der Waals surface area contributed by atoms with Crippen molar-refractivity contribution in [1.29, 1.82) is 0 Å². The van der Waals surface area contributed by atoms with Gasteiger partial charge in [0.25, 0.3) is 0 Å². The molecule has 2 heterocycles. The first-order valence-corrected chi connectivity index (χ1v) is 8.31. The zero-order chi connectivity index (χ0) is 13.2. The molecule has 2 nitrogen and oxygen atoms in total. The monoisotopic (exact) mass is 330 g/mol. The largest absolute Gasteiger partial charge is 0.312 e. The molecule has 2 rings (SSSR count). The second-order valence-electron chi connectivity index (χ2n) is 6.15. The normalized spacial score (nSPS) is 23.0. The van der Waals surface area contributed by atoms with Crippen LogP contribution >= 0.6 is 27.3 Å². The molecule has 18 heavy (non-hydrogen) atoms. The van der Waals surface area contributed by atoms with Crippen molar-refractivity contribution in [2.75, 3.05) is 19.6 Å². The summed E-state index contributed by atoms with van der Waals surface area (Å²) in [6, 6.07) is 2.73. The predicted octanol–water partition coefficient (Wildman–Crippen LogP) is 3.72. The van der Waals surface area contributed by atoms with Crippen LogP contribution in [-0.4, -0.2) is 30.6 Å². The lowest BCUT2D eigenvalue weighted by Crippen LogP contribution is -2.46. The summed E-state index contributed by atoms with van der Waals surface area (Å²) in [5, 5.41) is 5.86. The van der Waals surface area contributed by atoms with E-state index in [1.807, 2.05) is 11.3 Å². The first kappa shape index (κ1) is 14.5. The van der Waals surface area contributed by atoms with Crippen molar-refractivity contribution in [2.24, 2.45) is 5.41 Å². The highest BCUT2D eigenvalue weighted by molar-refractivity contribution is 9.10. The van der Waals surface area contributed by atoms with Crippen molar-refractivity contribution >= 4 is 27.3 Å². The highest BCUT2D eigenvalue weighted by atomic mass is 79.9. The van der Waals surface area contributed by atoms with Crippen molar-refractivity contribution in [1.82, 2.24) is 10.2 Å². The number of nitrogens with one attached hydrogen (secondary N) is 1. The van der Waals surface area contributed by atoms with Crippen molar-refractivity contribution in [3.8, 4) is 0 Å². The molecule has 102 valence electrons. The van der Waals surface area contributed by atoms with Gasteiger partial charge < -0.3 is 5.32 Å². The van der Waals surface area contributed by atoms with E-state index >= 15 is 0 Å². The van der Waals surface area contributed by atoms with Gasteiger partial charge in [0.05, 0.1) is 0 Å². The summed E-state index contributed by atoms with van der Waals surface area (Å²) in [6.07, 6.45) is 1.25. The van der Waals surface area contributed by atoms with Crippen LogP contribution in [-0.2, 0) is 6.54 Å². The molecule has 1 unspecified atom stereocenters. The number of halogens is 1. The summed E-state index contributed by atoms with van der Waals surface area (Å²) in [5.41, 5.74) is 0.329. The molecular formula is C14H23BrN2S. The third kappa shape index (κ3) is 3.80. The predicted molar refractivity (Wildman–Crippen MR) is 83.2 cm³/mol. The third-order valence-corrected chi connectivity index (χ3v) is 5.50. The Labute approximate surface area is 123 Å². The van der Waals surface area contributed by atoms with E-state index in [1.54, 1.807) is 0 Å². The van der Waals surface area contributed by atoms with Gasteiger partial charge in [0, 0.05) is 28.5 Å². The first-order chi connectivity index (χ1) is 8.47. The van der Waals surface area contributed by atoms with Crippen LogP contribution in [0.3, 0.4) is 0 Å². The van der Waals surface area contributed by atoms with Crippen LogP contribution in [0.15, 0.2) is 15.9 Å². The van der Waals surface area contributed by atoms with Crippen molar-refractivity contribution < 1.29 is 0 Å². The highest BCUT2D eigenvalue weighted by Crippen LogP contribution is 2.26. The van der Waals surface area contributed by atoms with Crippen LogP contribution < -0.4 is 5.32 Å². The lowest BCUT2D eigenvalue weighted by molar-refractivity contribution is 0.193.